The van der Waals surface area contributed by atoms with E-state index in [1.807, 2.05) is 20.9 Å². The van der Waals surface area contributed by atoms with Gasteiger partial charge < -0.3 is 25.0 Å². The minimum absolute atomic E-state index is 0.0367. The molecule has 0 amide bonds. The van der Waals surface area contributed by atoms with Gasteiger partial charge in [-0.15, -0.1) is 6.42 Å². The molecule has 3 aliphatic rings. The van der Waals surface area contributed by atoms with Gasteiger partial charge in [-0.2, -0.15) is 9.97 Å². The predicted octanol–water partition coefficient (Wildman–Crippen LogP) is 5.71. The minimum atomic E-state index is -0.788. The summed E-state index contributed by atoms with van der Waals surface area (Å²) in [5.74, 6) is 1.27. The maximum absolute atomic E-state index is 16.8. The first-order valence-electron chi connectivity index (χ1n) is 15.5. The summed E-state index contributed by atoms with van der Waals surface area (Å²) in [5, 5.41) is 15.2. The van der Waals surface area contributed by atoms with Crippen molar-refractivity contribution >= 4 is 27.5 Å². The lowest BCUT2D eigenvalue weighted by Gasteiger charge is -2.43. The quantitative estimate of drug-likeness (QED) is 0.272. The average Bonchev–Trinajstić information content (AvgIpc) is 3.37. The highest BCUT2D eigenvalue weighted by molar-refractivity contribution is 6.03. The van der Waals surface area contributed by atoms with Crippen LogP contribution in [0.25, 0.3) is 32.9 Å². The number of nitrogens with one attached hydrogen (secondary N) is 1. The number of aromatic hydroxyl groups is 1. The molecule has 238 valence electrons. The fourth-order valence-corrected chi connectivity index (χ4v) is 7.42. The van der Waals surface area contributed by atoms with Crippen LogP contribution in [-0.2, 0) is 0 Å². The number of hydrogen-bond acceptors (Lipinski definition) is 8. The van der Waals surface area contributed by atoms with Crippen molar-refractivity contribution in [1.82, 2.24) is 25.2 Å². The second-order valence-corrected chi connectivity index (χ2v) is 13.0. The van der Waals surface area contributed by atoms with E-state index in [9.17, 15) is 13.9 Å². The lowest BCUT2D eigenvalue weighted by Crippen LogP contribution is -2.51. The van der Waals surface area contributed by atoms with Crippen LogP contribution in [0.4, 0.5) is 19.0 Å². The van der Waals surface area contributed by atoms with E-state index in [4.69, 9.17) is 16.1 Å². The number of nitrogens with zero attached hydrogens (tertiary/aromatic N) is 5. The Morgan fingerprint density at radius 2 is 1.96 bits per heavy atom. The van der Waals surface area contributed by atoms with Crippen molar-refractivity contribution in [2.45, 2.75) is 51.3 Å². The topological polar surface area (TPSA) is 86.6 Å². The molecule has 1 unspecified atom stereocenters. The molecule has 8 nitrogen and oxygen atoms in total. The number of terminal acetylenes is 1. The number of likely N-dealkylation sites (tertiary alicyclic amines) is 1. The summed E-state index contributed by atoms with van der Waals surface area (Å²) in [4.78, 5) is 18.1. The van der Waals surface area contributed by atoms with Gasteiger partial charge in [-0.3, -0.25) is 4.98 Å². The molecule has 11 heteroatoms. The molecular formula is C35H35F3N6O2. The van der Waals surface area contributed by atoms with Crippen molar-refractivity contribution in [3.8, 4) is 35.4 Å². The average molecular weight is 629 g/mol. The van der Waals surface area contributed by atoms with E-state index < -0.39 is 23.2 Å². The van der Waals surface area contributed by atoms with Crippen LogP contribution in [0.5, 0.6) is 11.8 Å². The van der Waals surface area contributed by atoms with Crippen LogP contribution >= 0.6 is 0 Å². The van der Waals surface area contributed by atoms with Crippen LogP contribution in [0.15, 0.2) is 42.4 Å². The van der Waals surface area contributed by atoms with Crippen LogP contribution in [0.3, 0.4) is 0 Å². The zero-order valence-corrected chi connectivity index (χ0v) is 25.9. The van der Waals surface area contributed by atoms with Crippen molar-refractivity contribution in [3.63, 3.8) is 0 Å². The fourth-order valence-electron chi connectivity index (χ4n) is 7.42. The highest BCUT2D eigenvalue weighted by Crippen LogP contribution is 2.42. The molecule has 0 saturated carbocycles. The van der Waals surface area contributed by atoms with Gasteiger partial charge in [0.2, 0.25) is 0 Å². The van der Waals surface area contributed by atoms with E-state index >= 15 is 4.39 Å². The number of piperazine rings is 1. The number of halogens is 3. The van der Waals surface area contributed by atoms with E-state index in [1.165, 1.54) is 30.5 Å². The molecule has 5 heterocycles. The number of pyridine rings is 1. The van der Waals surface area contributed by atoms with Crippen molar-refractivity contribution in [1.29, 1.82) is 0 Å². The Balaban J connectivity index is 1.40. The molecular weight excluding hydrogens is 593 g/mol. The van der Waals surface area contributed by atoms with Gasteiger partial charge >= 0.3 is 6.01 Å². The van der Waals surface area contributed by atoms with Crippen molar-refractivity contribution in [3.05, 3.63) is 59.6 Å². The SMILES string of the molecule is C#Cc1c(F)ccc2cc(O)cc(-c3ncc4c(N5C[C@H]6CC[C@@H](C5)N6)nc(O[C@@H](C)C5(C)CN(C)CC/C5=C\F)nc4c3F)c12. The third-order valence-electron chi connectivity index (χ3n) is 10.0. The zero-order chi connectivity index (χ0) is 32.3. The molecule has 0 spiro atoms. The maximum atomic E-state index is 16.8. The number of fused-ring (bicyclic) bond motifs is 4. The minimum Gasteiger partial charge on any atom is -0.508 e. The summed E-state index contributed by atoms with van der Waals surface area (Å²) >= 11 is 0. The number of hydrogen-bond donors (Lipinski definition) is 2. The zero-order valence-electron chi connectivity index (χ0n) is 25.9. The number of rotatable bonds is 5. The number of piperidine rings is 1. The molecule has 2 aromatic heterocycles. The molecule has 0 radical (unpaired) electrons. The molecule has 4 aromatic rings. The van der Waals surface area contributed by atoms with E-state index in [1.54, 1.807) is 0 Å². The summed E-state index contributed by atoms with van der Waals surface area (Å²) < 4.78 is 52.2. The number of phenols is 1. The van der Waals surface area contributed by atoms with Crippen LogP contribution < -0.4 is 15.0 Å². The van der Waals surface area contributed by atoms with Crippen LogP contribution in [0.2, 0.25) is 0 Å². The molecule has 7 rings (SSSR count). The van der Waals surface area contributed by atoms with Gasteiger partial charge in [-0.25, -0.2) is 13.2 Å². The number of phenolic OH excluding ortho intramolecular Hbond substituents is 1. The maximum Gasteiger partial charge on any atom is 0.319 e. The fraction of sp³-hybridized carbons (Fsp3) is 0.400. The summed E-state index contributed by atoms with van der Waals surface area (Å²) in [7, 11) is 1.98. The molecule has 46 heavy (non-hydrogen) atoms. The molecule has 3 saturated heterocycles. The molecule has 2 aromatic carbocycles. The number of aromatic nitrogens is 3. The van der Waals surface area contributed by atoms with Gasteiger partial charge in [0.1, 0.15) is 34.7 Å². The van der Waals surface area contributed by atoms with Gasteiger partial charge in [-0.1, -0.05) is 18.9 Å². The Morgan fingerprint density at radius 1 is 1.20 bits per heavy atom. The lowest BCUT2D eigenvalue weighted by molar-refractivity contribution is 0.0461. The normalized spacial score (nSPS) is 24.9. The Morgan fingerprint density at radius 3 is 2.67 bits per heavy atom. The second-order valence-electron chi connectivity index (χ2n) is 13.0. The number of benzene rings is 2. The molecule has 0 aliphatic carbocycles. The molecule has 4 atom stereocenters. The summed E-state index contributed by atoms with van der Waals surface area (Å²) in [6.07, 6.45) is 9.93. The van der Waals surface area contributed by atoms with Crippen molar-refractivity contribution in [2.24, 2.45) is 5.41 Å². The molecule has 2 N–H and O–H groups in total. The summed E-state index contributed by atoms with van der Waals surface area (Å²) in [6.45, 7) is 6.43. The van der Waals surface area contributed by atoms with Gasteiger partial charge in [0.25, 0.3) is 0 Å². The number of ether oxygens (including phenoxy) is 1. The summed E-state index contributed by atoms with van der Waals surface area (Å²) in [6, 6.07) is 5.95. The molecule has 3 aliphatic heterocycles. The van der Waals surface area contributed by atoms with E-state index in [0.29, 0.717) is 54.5 Å². The Hall–Kier alpha value is -4.40. The first-order valence-corrected chi connectivity index (χ1v) is 15.5. The van der Waals surface area contributed by atoms with E-state index in [-0.39, 0.29) is 51.6 Å². The summed E-state index contributed by atoms with van der Waals surface area (Å²) in [5.41, 5.74) is -0.148. The van der Waals surface area contributed by atoms with Crippen LogP contribution in [-0.4, -0.2) is 76.4 Å². The smallest absolute Gasteiger partial charge is 0.319 e. The number of anilines is 1. The standard InChI is InChI=1S/C35H35F3N6O2/c1-5-25-28(37)9-6-20-12-24(45)13-26(29(20)25)31-30(38)32-27(15-39-31)33(44-16-22-7-8-23(17-44)40-22)42-34(41-32)46-19(2)35(3)18-43(4)11-10-21(35)14-36/h1,6,9,12-15,19,22-23,40,45H,7-8,10-11,16-18H2,2-4H3/b21-14+/t19-,22-,23+,35?/m0/s1. The van der Waals surface area contributed by atoms with Crippen LogP contribution in [0.1, 0.15) is 38.7 Å². The highest BCUT2D eigenvalue weighted by atomic mass is 19.1. The lowest BCUT2D eigenvalue weighted by atomic mass is 9.74. The Bertz CT molecular complexity index is 1930. The van der Waals surface area contributed by atoms with Gasteiger partial charge in [0.15, 0.2) is 5.82 Å². The molecule has 3 fully saturated rings. The van der Waals surface area contributed by atoms with E-state index in [0.717, 1.165) is 19.4 Å². The first-order chi connectivity index (χ1) is 22.1. The van der Waals surface area contributed by atoms with Gasteiger partial charge in [0.05, 0.1) is 17.3 Å². The third kappa shape index (κ3) is 5.00. The van der Waals surface area contributed by atoms with Crippen LogP contribution in [0, 0.1) is 29.4 Å². The Kier molecular flexibility index (Phi) is 7.53. The largest absolute Gasteiger partial charge is 0.508 e. The van der Waals surface area contributed by atoms with Crippen molar-refractivity contribution in [2.75, 3.05) is 38.1 Å². The predicted molar refractivity (Wildman–Crippen MR) is 171 cm³/mol. The van der Waals surface area contributed by atoms with Gasteiger partial charge in [-0.05, 0) is 62.4 Å². The second kappa shape index (κ2) is 11.4. The third-order valence-corrected chi connectivity index (χ3v) is 10.0. The van der Waals surface area contributed by atoms with Crippen molar-refractivity contribution < 1.29 is 23.0 Å². The monoisotopic (exact) mass is 628 g/mol. The Labute approximate surface area is 265 Å². The molecule has 2 bridgehead atoms. The first kappa shape index (κ1) is 30.3. The highest BCUT2D eigenvalue weighted by Gasteiger charge is 2.41. The van der Waals surface area contributed by atoms with Gasteiger partial charge in [0, 0.05) is 60.8 Å². The van der Waals surface area contributed by atoms with E-state index in [2.05, 4.69) is 31.0 Å².